The van der Waals surface area contributed by atoms with Crippen molar-refractivity contribution in [2.24, 2.45) is 5.73 Å². The molecule has 0 unspecified atom stereocenters. The highest BCUT2D eigenvalue weighted by Gasteiger charge is 2.10. The Morgan fingerprint density at radius 2 is 1.93 bits per heavy atom. The van der Waals surface area contributed by atoms with E-state index in [9.17, 15) is 0 Å². The molecule has 4 nitrogen and oxygen atoms in total. The summed E-state index contributed by atoms with van der Waals surface area (Å²) in [6.07, 6.45) is 0. The third kappa shape index (κ3) is 2.29. The van der Waals surface area contributed by atoms with Gasteiger partial charge in [-0.15, -0.1) is 12.4 Å². The Balaban J connectivity index is 0.00000169. The standard InChI is InChI=1S/C9H12N2O2.ClH/c1-12-7-5-3-4-6(9(10)11)8(7)13-2;/h3-5H,1-2H3,(H3,10,11);1H. The predicted octanol–water partition coefficient (Wildman–Crippen LogP) is 1.41. The first-order valence-corrected chi connectivity index (χ1v) is 3.76. The highest BCUT2D eigenvalue weighted by molar-refractivity contribution is 5.98. The number of methoxy groups -OCH3 is 2. The molecule has 0 aliphatic rings. The van der Waals surface area contributed by atoms with Crippen molar-refractivity contribution in [2.45, 2.75) is 0 Å². The van der Waals surface area contributed by atoms with Crippen LogP contribution in [0.15, 0.2) is 18.2 Å². The van der Waals surface area contributed by atoms with Crippen LogP contribution < -0.4 is 15.2 Å². The topological polar surface area (TPSA) is 68.3 Å². The van der Waals surface area contributed by atoms with E-state index in [2.05, 4.69) is 0 Å². The first kappa shape index (κ1) is 12.6. The van der Waals surface area contributed by atoms with Crippen molar-refractivity contribution in [1.82, 2.24) is 0 Å². The van der Waals surface area contributed by atoms with Crippen LogP contribution in [0.4, 0.5) is 0 Å². The Morgan fingerprint density at radius 3 is 2.36 bits per heavy atom. The number of rotatable bonds is 3. The molecule has 0 amide bonds. The van der Waals surface area contributed by atoms with Crippen molar-refractivity contribution in [2.75, 3.05) is 14.2 Å². The van der Waals surface area contributed by atoms with Crippen LogP contribution in [0.25, 0.3) is 0 Å². The number of nitrogens with two attached hydrogens (primary N) is 1. The molecule has 0 aliphatic heterocycles. The second-order valence-electron chi connectivity index (χ2n) is 2.45. The van der Waals surface area contributed by atoms with E-state index in [0.717, 1.165) is 0 Å². The smallest absolute Gasteiger partial charge is 0.171 e. The molecular formula is C9H13ClN2O2. The summed E-state index contributed by atoms with van der Waals surface area (Å²) >= 11 is 0. The van der Waals surface area contributed by atoms with Gasteiger partial charge in [-0.1, -0.05) is 6.07 Å². The summed E-state index contributed by atoms with van der Waals surface area (Å²) in [6, 6.07) is 5.23. The molecule has 0 saturated heterocycles. The third-order valence-electron chi connectivity index (χ3n) is 1.69. The molecule has 1 aromatic rings. The zero-order chi connectivity index (χ0) is 9.84. The van der Waals surface area contributed by atoms with Gasteiger partial charge in [0.1, 0.15) is 5.84 Å². The quantitative estimate of drug-likeness (QED) is 0.593. The number of nitrogen functional groups attached to an aromatic ring is 1. The summed E-state index contributed by atoms with van der Waals surface area (Å²) in [6.45, 7) is 0. The normalized spacial score (nSPS) is 8.71. The van der Waals surface area contributed by atoms with E-state index in [-0.39, 0.29) is 18.2 Å². The van der Waals surface area contributed by atoms with Gasteiger partial charge in [-0.3, -0.25) is 5.41 Å². The van der Waals surface area contributed by atoms with Crippen LogP contribution in [0.1, 0.15) is 5.56 Å². The summed E-state index contributed by atoms with van der Waals surface area (Å²) in [7, 11) is 3.06. The van der Waals surface area contributed by atoms with Crippen molar-refractivity contribution in [3.05, 3.63) is 23.8 Å². The molecule has 0 spiro atoms. The summed E-state index contributed by atoms with van der Waals surface area (Å²) in [5, 5.41) is 7.29. The molecule has 1 aromatic carbocycles. The van der Waals surface area contributed by atoms with Gasteiger partial charge < -0.3 is 15.2 Å². The van der Waals surface area contributed by atoms with E-state index in [1.54, 1.807) is 25.3 Å². The number of hydrogen-bond acceptors (Lipinski definition) is 3. The van der Waals surface area contributed by atoms with E-state index in [1.807, 2.05) is 0 Å². The van der Waals surface area contributed by atoms with Gasteiger partial charge >= 0.3 is 0 Å². The molecule has 0 heterocycles. The first-order chi connectivity index (χ1) is 6.20. The minimum Gasteiger partial charge on any atom is -0.493 e. The van der Waals surface area contributed by atoms with E-state index in [0.29, 0.717) is 17.1 Å². The predicted molar refractivity (Wildman–Crippen MR) is 57.8 cm³/mol. The van der Waals surface area contributed by atoms with Gasteiger partial charge in [-0.05, 0) is 12.1 Å². The number of amidine groups is 1. The first-order valence-electron chi connectivity index (χ1n) is 3.76. The fraction of sp³-hybridized carbons (Fsp3) is 0.222. The van der Waals surface area contributed by atoms with Crippen LogP contribution in [0.5, 0.6) is 11.5 Å². The van der Waals surface area contributed by atoms with Crippen LogP contribution in [0.2, 0.25) is 0 Å². The maximum atomic E-state index is 7.29. The Bertz CT molecular complexity index is 329. The molecule has 0 radical (unpaired) electrons. The second kappa shape index (κ2) is 5.34. The Labute approximate surface area is 88.9 Å². The molecule has 78 valence electrons. The Morgan fingerprint density at radius 1 is 1.29 bits per heavy atom. The maximum Gasteiger partial charge on any atom is 0.171 e. The van der Waals surface area contributed by atoms with Gasteiger partial charge in [0.2, 0.25) is 0 Å². The molecule has 14 heavy (non-hydrogen) atoms. The number of nitrogens with one attached hydrogen (secondary N) is 1. The maximum absolute atomic E-state index is 7.29. The fourth-order valence-electron chi connectivity index (χ4n) is 1.10. The summed E-state index contributed by atoms with van der Waals surface area (Å²) in [5.74, 6) is 1.04. The summed E-state index contributed by atoms with van der Waals surface area (Å²) < 4.78 is 10.1. The van der Waals surface area contributed by atoms with Crippen LogP contribution in [-0.2, 0) is 0 Å². The zero-order valence-corrected chi connectivity index (χ0v) is 8.85. The fourth-order valence-corrected chi connectivity index (χ4v) is 1.10. The van der Waals surface area contributed by atoms with Crippen LogP contribution in [-0.4, -0.2) is 20.1 Å². The van der Waals surface area contributed by atoms with Gasteiger partial charge in [-0.25, -0.2) is 0 Å². The Hall–Kier alpha value is -1.42. The van der Waals surface area contributed by atoms with Crippen molar-refractivity contribution >= 4 is 18.2 Å². The SMILES string of the molecule is COc1cccc(C(=N)N)c1OC.Cl. The van der Waals surface area contributed by atoms with Gasteiger partial charge in [0.05, 0.1) is 19.8 Å². The van der Waals surface area contributed by atoms with Crippen LogP contribution >= 0.6 is 12.4 Å². The van der Waals surface area contributed by atoms with Crippen molar-refractivity contribution < 1.29 is 9.47 Å². The lowest BCUT2D eigenvalue weighted by Crippen LogP contribution is -2.12. The molecule has 3 N–H and O–H groups in total. The molecule has 0 bridgehead atoms. The van der Waals surface area contributed by atoms with Gasteiger partial charge in [-0.2, -0.15) is 0 Å². The molecule has 0 saturated carbocycles. The largest absolute Gasteiger partial charge is 0.493 e. The minimum atomic E-state index is -0.0317. The average Bonchev–Trinajstić information content (AvgIpc) is 2.16. The number of benzene rings is 1. The van der Waals surface area contributed by atoms with E-state index in [4.69, 9.17) is 20.6 Å². The molecule has 0 fully saturated rings. The van der Waals surface area contributed by atoms with Gasteiger partial charge in [0, 0.05) is 0 Å². The highest BCUT2D eigenvalue weighted by atomic mass is 35.5. The lowest BCUT2D eigenvalue weighted by atomic mass is 10.1. The molecular weight excluding hydrogens is 204 g/mol. The zero-order valence-electron chi connectivity index (χ0n) is 8.03. The van der Waals surface area contributed by atoms with Gasteiger partial charge in [0.25, 0.3) is 0 Å². The molecule has 1 rings (SSSR count). The summed E-state index contributed by atoms with van der Waals surface area (Å²) in [5.41, 5.74) is 5.90. The number of halogens is 1. The molecule has 0 atom stereocenters. The van der Waals surface area contributed by atoms with E-state index < -0.39 is 0 Å². The second-order valence-corrected chi connectivity index (χ2v) is 2.45. The number of hydrogen-bond donors (Lipinski definition) is 2. The lowest BCUT2D eigenvalue weighted by molar-refractivity contribution is 0.354. The highest BCUT2D eigenvalue weighted by Crippen LogP contribution is 2.29. The summed E-state index contributed by atoms with van der Waals surface area (Å²) in [4.78, 5) is 0. The van der Waals surface area contributed by atoms with Crippen LogP contribution in [0.3, 0.4) is 0 Å². The molecule has 5 heteroatoms. The monoisotopic (exact) mass is 216 g/mol. The third-order valence-corrected chi connectivity index (χ3v) is 1.69. The number of ether oxygens (including phenoxy) is 2. The average molecular weight is 217 g/mol. The van der Waals surface area contributed by atoms with E-state index >= 15 is 0 Å². The van der Waals surface area contributed by atoms with Crippen molar-refractivity contribution in [3.8, 4) is 11.5 Å². The Kier molecular flexibility index (Phi) is 4.80. The van der Waals surface area contributed by atoms with Crippen molar-refractivity contribution in [1.29, 1.82) is 5.41 Å². The van der Waals surface area contributed by atoms with Crippen molar-refractivity contribution in [3.63, 3.8) is 0 Å². The number of para-hydroxylation sites is 1. The van der Waals surface area contributed by atoms with E-state index in [1.165, 1.54) is 7.11 Å². The molecule has 0 aromatic heterocycles. The molecule has 0 aliphatic carbocycles. The lowest BCUT2D eigenvalue weighted by Gasteiger charge is -2.10. The minimum absolute atomic E-state index is 0. The van der Waals surface area contributed by atoms with Crippen LogP contribution in [0, 0.1) is 5.41 Å². The van der Waals surface area contributed by atoms with Gasteiger partial charge in [0.15, 0.2) is 11.5 Å².